The van der Waals surface area contributed by atoms with Crippen LogP contribution in [0.15, 0.2) is 30.6 Å². The van der Waals surface area contributed by atoms with E-state index in [-0.39, 0.29) is 18.3 Å². The van der Waals surface area contributed by atoms with Gasteiger partial charge in [0.25, 0.3) is 0 Å². The van der Waals surface area contributed by atoms with Crippen molar-refractivity contribution >= 4 is 24.0 Å². The second-order valence-corrected chi connectivity index (χ2v) is 3.82. The monoisotopic (exact) mass is 281 g/mol. The Morgan fingerprint density at radius 1 is 1.42 bits per heavy atom. The summed E-state index contributed by atoms with van der Waals surface area (Å²) in [6.45, 7) is 0.660. The van der Waals surface area contributed by atoms with Crippen LogP contribution in [-0.2, 0) is 4.79 Å². The first-order valence-corrected chi connectivity index (χ1v) is 5.70. The van der Waals surface area contributed by atoms with E-state index in [1.54, 1.807) is 0 Å². The Hall–Kier alpha value is -1.92. The first-order valence-electron chi connectivity index (χ1n) is 5.70. The number of aromatic amines is 1. The molecule has 102 valence electrons. The summed E-state index contributed by atoms with van der Waals surface area (Å²) in [6.07, 6.45) is 1.90. The van der Waals surface area contributed by atoms with Gasteiger partial charge in [0.2, 0.25) is 5.91 Å². The number of benzene rings is 1. The first-order chi connectivity index (χ1) is 8.79. The van der Waals surface area contributed by atoms with Gasteiger partial charge in [-0.15, -0.1) is 12.4 Å². The quantitative estimate of drug-likeness (QED) is 0.774. The lowest BCUT2D eigenvalue weighted by Crippen LogP contribution is -2.18. The van der Waals surface area contributed by atoms with Crippen molar-refractivity contribution in [3.8, 4) is 11.4 Å². The van der Waals surface area contributed by atoms with Crippen molar-refractivity contribution in [1.29, 1.82) is 0 Å². The SMILES string of the molecule is CNCCC(=O)Nc1cccc(-c2ncn[nH]2)c1.Cl. The molecule has 19 heavy (non-hydrogen) atoms. The van der Waals surface area contributed by atoms with Crippen LogP contribution < -0.4 is 10.6 Å². The lowest BCUT2D eigenvalue weighted by atomic mass is 10.2. The molecule has 0 atom stereocenters. The number of hydrogen-bond donors (Lipinski definition) is 3. The van der Waals surface area contributed by atoms with Gasteiger partial charge in [-0.25, -0.2) is 4.98 Å². The van der Waals surface area contributed by atoms with Gasteiger partial charge in [0.05, 0.1) is 0 Å². The molecular weight excluding hydrogens is 266 g/mol. The summed E-state index contributed by atoms with van der Waals surface area (Å²) in [5.41, 5.74) is 1.64. The second-order valence-electron chi connectivity index (χ2n) is 3.82. The van der Waals surface area contributed by atoms with Crippen LogP contribution in [-0.4, -0.2) is 34.7 Å². The smallest absolute Gasteiger partial charge is 0.225 e. The fourth-order valence-corrected chi connectivity index (χ4v) is 1.55. The number of amides is 1. The molecule has 0 fully saturated rings. The highest BCUT2D eigenvalue weighted by molar-refractivity contribution is 5.91. The van der Waals surface area contributed by atoms with E-state index >= 15 is 0 Å². The molecule has 0 spiro atoms. The third-order valence-electron chi connectivity index (χ3n) is 2.44. The standard InChI is InChI=1S/C12H15N5O.ClH/c1-13-6-5-11(18)16-10-4-2-3-9(7-10)12-14-8-15-17-12;/h2-4,7-8,13H,5-6H2,1H3,(H,16,18)(H,14,15,17);1H. The molecule has 0 aliphatic rings. The Kier molecular flexibility index (Phi) is 5.98. The van der Waals surface area contributed by atoms with Crippen LogP contribution in [0.1, 0.15) is 6.42 Å². The molecule has 1 aromatic carbocycles. The van der Waals surface area contributed by atoms with Crippen LogP contribution in [0.4, 0.5) is 5.69 Å². The molecule has 3 N–H and O–H groups in total. The lowest BCUT2D eigenvalue weighted by molar-refractivity contribution is -0.116. The highest BCUT2D eigenvalue weighted by Crippen LogP contribution is 2.18. The Balaban J connectivity index is 0.00000180. The summed E-state index contributed by atoms with van der Waals surface area (Å²) >= 11 is 0. The number of aromatic nitrogens is 3. The maximum absolute atomic E-state index is 11.6. The molecular formula is C12H16ClN5O. The summed E-state index contributed by atoms with van der Waals surface area (Å²) in [5.74, 6) is 0.667. The second kappa shape index (κ2) is 7.50. The minimum absolute atomic E-state index is 0. The number of H-pyrrole nitrogens is 1. The Morgan fingerprint density at radius 2 is 2.26 bits per heavy atom. The van der Waals surface area contributed by atoms with E-state index in [2.05, 4.69) is 25.8 Å². The molecule has 0 saturated heterocycles. The largest absolute Gasteiger partial charge is 0.326 e. The minimum Gasteiger partial charge on any atom is -0.326 e. The van der Waals surface area contributed by atoms with Gasteiger partial charge >= 0.3 is 0 Å². The Bertz CT molecular complexity index is 515. The van der Waals surface area contributed by atoms with Gasteiger partial charge in [-0.1, -0.05) is 12.1 Å². The molecule has 0 unspecified atom stereocenters. The number of hydrogen-bond acceptors (Lipinski definition) is 4. The van der Waals surface area contributed by atoms with Gasteiger partial charge in [0.15, 0.2) is 5.82 Å². The zero-order chi connectivity index (χ0) is 12.8. The van der Waals surface area contributed by atoms with Crippen molar-refractivity contribution in [3.05, 3.63) is 30.6 Å². The molecule has 1 aromatic heterocycles. The molecule has 6 nitrogen and oxygen atoms in total. The predicted molar refractivity (Wildman–Crippen MR) is 76.2 cm³/mol. The fraction of sp³-hybridized carbons (Fsp3) is 0.250. The number of nitrogens with one attached hydrogen (secondary N) is 3. The molecule has 0 aliphatic carbocycles. The van der Waals surface area contributed by atoms with Gasteiger partial charge in [-0.05, 0) is 19.2 Å². The van der Waals surface area contributed by atoms with Crippen molar-refractivity contribution in [3.63, 3.8) is 0 Å². The summed E-state index contributed by atoms with van der Waals surface area (Å²) in [5, 5.41) is 12.4. The van der Waals surface area contributed by atoms with Gasteiger partial charge < -0.3 is 10.6 Å². The number of halogens is 1. The first kappa shape index (κ1) is 15.1. The topological polar surface area (TPSA) is 82.7 Å². The average Bonchev–Trinajstić information content (AvgIpc) is 2.90. The van der Waals surface area contributed by atoms with Gasteiger partial charge in [0, 0.05) is 24.2 Å². The predicted octanol–water partition coefficient (Wildman–Crippen LogP) is 1.44. The van der Waals surface area contributed by atoms with Crippen LogP contribution >= 0.6 is 12.4 Å². The number of rotatable bonds is 5. The minimum atomic E-state index is -0.0148. The van der Waals surface area contributed by atoms with Crippen LogP contribution in [0.5, 0.6) is 0 Å². The van der Waals surface area contributed by atoms with Gasteiger partial charge in [0.1, 0.15) is 6.33 Å². The van der Waals surface area contributed by atoms with E-state index in [0.717, 1.165) is 11.3 Å². The van der Waals surface area contributed by atoms with Crippen molar-refractivity contribution in [2.24, 2.45) is 0 Å². The van der Waals surface area contributed by atoms with Crippen molar-refractivity contribution < 1.29 is 4.79 Å². The highest BCUT2D eigenvalue weighted by Gasteiger charge is 2.04. The van der Waals surface area contributed by atoms with Crippen LogP contribution in [0, 0.1) is 0 Å². The zero-order valence-electron chi connectivity index (χ0n) is 10.5. The summed E-state index contributed by atoms with van der Waals surface area (Å²) in [6, 6.07) is 7.48. The number of nitrogens with zero attached hydrogens (tertiary/aromatic N) is 2. The van der Waals surface area contributed by atoms with Crippen molar-refractivity contribution in [2.45, 2.75) is 6.42 Å². The third-order valence-corrected chi connectivity index (χ3v) is 2.44. The Morgan fingerprint density at radius 3 is 2.95 bits per heavy atom. The number of anilines is 1. The van der Waals surface area contributed by atoms with Crippen LogP contribution in [0.3, 0.4) is 0 Å². The molecule has 1 heterocycles. The molecule has 2 aromatic rings. The maximum atomic E-state index is 11.6. The average molecular weight is 282 g/mol. The van der Waals surface area contributed by atoms with Crippen LogP contribution in [0.25, 0.3) is 11.4 Å². The zero-order valence-corrected chi connectivity index (χ0v) is 11.3. The number of carbonyl (C=O) groups excluding carboxylic acids is 1. The fourth-order valence-electron chi connectivity index (χ4n) is 1.55. The molecule has 2 rings (SSSR count). The molecule has 0 radical (unpaired) electrons. The molecule has 7 heteroatoms. The van der Waals surface area contributed by atoms with Gasteiger partial charge in [-0.2, -0.15) is 5.10 Å². The Labute approximate surface area is 117 Å². The third kappa shape index (κ3) is 4.35. The van der Waals surface area contributed by atoms with E-state index < -0.39 is 0 Å². The summed E-state index contributed by atoms with van der Waals surface area (Å²) in [7, 11) is 1.82. The molecule has 0 aliphatic heterocycles. The van der Waals surface area contributed by atoms with Crippen molar-refractivity contribution in [1.82, 2.24) is 20.5 Å². The van der Waals surface area contributed by atoms with Gasteiger partial charge in [-0.3, -0.25) is 9.89 Å². The maximum Gasteiger partial charge on any atom is 0.225 e. The lowest BCUT2D eigenvalue weighted by Gasteiger charge is -2.06. The van der Waals surface area contributed by atoms with E-state index in [4.69, 9.17) is 0 Å². The summed E-state index contributed by atoms with van der Waals surface area (Å²) < 4.78 is 0. The highest BCUT2D eigenvalue weighted by atomic mass is 35.5. The van der Waals surface area contributed by atoms with E-state index in [0.29, 0.717) is 18.8 Å². The van der Waals surface area contributed by atoms with E-state index in [1.165, 1.54) is 6.33 Å². The number of carbonyl (C=O) groups is 1. The van der Waals surface area contributed by atoms with Crippen molar-refractivity contribution in [2.75, 3.05) is 18.9 Å². The van der Waals surface area contributed by atoms with E-state index in [9.17, 15) is 4.79 Å². The molecule has 1 amide bonds. The molecule has 0 saturated carbocycles. The van der Waals surface area contributed by atoms with Crippen LogP contribution in [0.2, 0.25) is 0 Å². The summed E-state index contributed by atoms with van der Waals surface area (Å²) in [4.78, 5) is 15.6. The normalized spacial score (nSPS) is 9.74. The van der Waals surface area contributed by atoms with E-state index in [1.807, 2.05) is 31.3 Å². The molecule has 0 bridgehead atoms.